The Morgan fingerprint density at radius 3 is 1.92 bits per heavy atom. The summed E-state index contributed by atoms with van der Waals surface area (Å²) >= 11 is 0. The second-order valence-corrected chi connectivity index (χ2v) is 6.59. The van der Waals surface area contributed by atoms with Gasteiger partial charge in [0.2, 0.25) is 13.6 Å². The van der Waals surface area contributed by atoms with E-state index in [0.717, 1.165) is 12.2 Å². The first kappa shape index (κ1) is 27.9. The quantitative estimate of drug-likeness (QED) is 0.132. The molecule has 0 heterocycles. The van der Waals surface area contributed by atoms with E-state index in [4.69, 9.17) is 28.4 Å². The molecule has 10 heteroatoms. The van der Waals surface area contributed by atoms with Crippen LogP contribution in [-0.4, -0.2) is 43.9 Å². The minimum atomic E-state index is -0.866. The van der Waals surface area contributed by atoms with Crippen LogP contribution in [0.5, 0.6) is 23.0 Å². The number of ether oxygens (including phenoxy) is 6. The summed E-state index contributed by atoms with van der Waals surface area (Å²) in [4.78, 5) is 45.8. The van der Waals surface area contributed by atoms with E-state index in [9.17, 15) is 19.2 Å². The Balaban J connectivity index is 2.04. The molecule has 0 aliphatic heterocycles. The number of esters is 3. The van der Waals surface area contributed by atoms with Crippen molar-refractivity contribution < 1.29 is 47.6 Å². The Morgan fingerprint density at radius 2 is 1.32 bits per heavy atom. The van der Waals surface area contributed by atoms with Crippen molar-refractivity contribution in [3.8, 4) is 34.8 Å². The van der Waals surface area contributed by atoms with E-state index < -0.39 is 31.5 Å². The molecule has 0 amide bonds. The van der Waals surface area contributed by atoms with Crippen LogP contribution < -0.4 is 18.9 Å². The zero-order valence-corrected chi connectivity index (χ0v) is 19.6. The highest BCUT2D eigenvalue weighted by molar-refractivity contribution is 5.91. The molecule has 0 aliphatic carbocycles. The third-order valence-electron chi connectivity index (χ3n) is 4.06. The maximum absolute atomic E-state index is 12.2. The van der Waals surface area contributed by atoms with Gasteiger partial charge >= 0.3 is 17.9 Å². The van der Waals surface area contributed by atoms with E-state index in [-0.39, 0.29) is 29.6 Å². The van der Waals surface area contributed by atoms with E-state index in [1.54, 1.807) is 24.3 Å². The van der Waals surface area contributed by atoms with Crippen molar-refractivity contribution >= 4 is 23.7 Å². The zero-order chi connectivity index (χ0) is 27.0. The van der Waals surface area contributed by atoms with Crippen molar-refractivity contribution in [3.63, 3.8) is 0 Å². The van der Waals surface area contributed by atoms with Crippen LogP contribution in [0.15, 0.2) is 80.4 Å². The minimum Gasteiger partial charge on any atom is -0.485 e. The molecule has 0 saturated heterocycles. The van der Waals surface area contributed by atoms with Gasteiger partial charge in [0.25, 0.3) is 0 Å². The SMILES string of the molecule is C=CC(=O)COc1ccc(C#CC(=O)Oc2ccc(OCOC(=O)C=C)c(OCOC(=O)C=C)c2)cc1. The molecule has 37 heavy (non-hydrogen) atoms. The van der Waals surface area contributed by atoms with Gasteiger partial charge in [-0.1, -0.05) is 25.7 Å². The second-order valence-electron chi connectivity index (χ2n) is 6.59. The summed E-state index contributed by atoms with van der Waals surface area (Å²) in [6, 6.07) is 10.5. The summed E-state index contributed by atoms with van der Waals surface area (Å²) in [5.41, 5.74) is 0.505. The molecule has 2 rings (SSSR count). The van der Waals surface area contributed by atoms with Crippen LogP contribution in [0.1, 0.15) is 5.56 Å². The lowest BCUT2D eigenvalue weighted by atomic mass is 10.2. The number of carbonyl (C=O) groups excluding carboxylic acids is 4. The summed E-state index contributed by atoms with van der Waals surface area (Å²) < 4.78 is 30.7. The highest BCUT2D eigenvalue weighted by Crippen LogP contribution is 2.32. The van der Waals surface area contributed by atoms with Crippen LogP contribution in [0.3, 0.4) is 0 Å². The first-order valence-corrected chi connectivity index (χ1v) is 10.4. The lowest BCUT2D eigenvalue weighted by Crippen LogP contribution is -2.11. The lowest BCUT2D eigenvalue weighted by Gasteiger charge is -2.13. The smallest absolute Gasteiger partial charge is 0.390 e. The van der Waals surface area contributed by atoms with Crippen molar-refractivity contribution in [1.29, 1.82) is 0 Å². The van der Waals surface area contributed by atoms with Crippen molar-refractivity contribution in [1.82, 2.24) is 0 Å². The molecule has 0 aliphatic rings. The van der Waals surface area contributed by atoms with Gasteiger partial charge in [0, 0.05) is 29.7 Å². The highest BCUT2D eigenvalue weighted by atomic mass is 16.7. The van der Waals surface area contributed by atoms with Gasteiger partial charge in [0.15, 0.2) is 23.9 Å². The van der Waals surface area contributed by atoms with Crippen molar-refractivity contribution in [2.45, 2.75) is 0 Å². The number of hydrogen-bond donors (Lipinski definition) is 0. The average molecular weight is 506 g/mol. The fraction of sp³-hybridized carbons (Fsp3) is 0.111. The molecule has 0 radical (unpaired) electrons. The molecule has 0 bridgehead atoms. The molecule has 2 aromatic rings. The molecular formula is C27H22O10. The van der Waals surface area contributed by atoms with Gasteiger partial charge in [-0.2, -0.15) is 0 Å². The Morgan fingerprint density at radius 1 is 0.730 bits per heavy atom. The predicted octanol–water partition coefficient (Wildman–Crippen LogP) is 2.91. The number of benzene rings is 2. The molecule has 0 N–H and O–H groups in total. The van der Waals surface area contributed by atoms with Crippen LogP contribution in [-0.2, 0) is 28.7 Å². The van der Waals surface area contributed by atoms with Gasteiger partial charge in [0.1, 0.15) is 11.5 Å². The number of hydrogen-bond acceptors (Lipinski definition) is 10. The van der Waals surface area contributed by atoms with Crippen LogP contribution in [0, 0.1) is 11.8 Å². The maximum Gasteiger partial charge on any atom is 0.390 e. The molecule has 0 spiro atoms. The van der Waals surface area contributed by atoms with Crippen LogP contribution in [0.4, 0.5) is 0 Å². The van der Waals surface area contributed by atoms with Gasteiger partial charge < -0.3 is 28.4 Å². The van der Waals surface area contributed by atoms with Crippen LogP contribution in [0.2, 0.25) is 0 Å². The first-order chi connectivity index (χ1) is 17.8. The van der Waals surface area contributed by atoms with Crippen molar-refractivity contribution in [2.75, 3.05) is 20.2 Å². The normalized spacial score (nSPS) is 9.41. The Bertz CT molecular complexity index is 1230. The number of ketones is 1. The summed E-state index contributed by atoms with van der Waals surface area (Å²) in [6.07, 6.45) is 3.09. The van der Waals surface area contributed by atoms with E-state index in [0.29, 0.717) is 11.3 Å². The Hall–Kier alpha value is -5.30. The van der Waals surface area contributed by atoms with Gasteiger partial charge in [-0.05, 0) is 42.5 Å². The fourth-order valence-electron chi connectivity index (χ4n) is 2.31. The van der Waals surface area contributed by atoms with E-state index in [1.165, 1.54) is 24.3 Å². The molecule has 0 atom stereocenters. The molecular weight excluding hydrogens is 484 g/mol. The van der Waals surface area contributed by atoms with Gasteiger partial charge in [-0.15, -0.1) is 0 Å². The average Bonchev–Trinajstić information content (AvgIpc) is 2.91. The van der Waals surface area contributed by atoms with E-state index >= 15 is 0 Å². The summed E-state index contributed by atoms with van der Waals surface area (Å²) in [6.45, 7) is 8.83. The maximum atomic E-state index is 12.2. The molecule has 0 saturated carbocycles. The van der Waals surface area contributed by atoms with Gasteiger partial charge in [0.05, 0.1) is 0 Å². The molecule has 190 valence electrons. The highest BCUT2D eigenvalue weighted by Gasteiger charge is 2.11. The summed E-state index contributed by atoms with van der Waals surface area (Å²) in [7, 11) is 0. The third-order valence-corrected chi connectivity index (χ3v) is 4.06. The zero-order valence-electron chi connectivity index (χ0n) is 19.6. The fourth-order valence-corrected chi connectivity index (χ4v) is 2.31. The summed E-state index contributed by atoms with van der Waals surface area (Å²) in [5.74, 6) is 3.09. The van der Waals surface area contributed by atoms with E-state index in [1.807, 2.05) is 0 Å². The molecule has 10 nitrogen and oxygen atoms in total. The monoisotopic (exact) mass is 506 g/mol. The standard InChI is InChI=1S/C27H22O10/c1-4-20(28)16-32-21-10-7-19(8-11-21)9-14-27(31)37-22-12-13-23(33-17-35-25(29)5-2)24(15-22)34-18-36-26(30)6-3/h4-8,10-13,15H,1-3,16-18H2. The minimum absolute atomic E-state index is 0.0234. The third kappa shape index (κ3) is 10.2. The summed E-state index contributed by atoms with van der Waals surface area (Å²) in [5, 5.41) is 0. The topological polar surface area (TPSA) is 124 Å². The first-order valence-electron chi connectivity index (χ1n) is 10.4. The molecule has 0 aromatic heterocycles. The number of rotatable bonds is 13. The largest absolute Gasteiger partial charge is 0.485 e. The van der Waals surface area contributed by atoms with Gasteiger partial charge in [-0.25, -0.2) is 14.4 Å². The van der Waals surface area contributed by atoms with E-state index in [2.05, 4.69) is 31.6 Å². The van der Waals surface area contributed by atoms with Crippen LogP contribution in [0.25, 0.3) is 0 Å². The van der Waals surface area contributed by atoms with Crippen molar-refractivity contribution in [2.24, 2.45) is 0 Å². The van der Waals surface area contributed by atoms with Crippen molar-refractivity contribution in [3.05, 3.63) is 86.0 Å². The molecule has 0 fully saturated rings. The molecule has 0 unspecified atom stereocenters. The Labute approximate surface area is 212 Å². The number of carbonyl (C=O) groups is 4. The lowest BCUT2D eigenvalue weighted by molar-refractivity contribution is -0.146. The predicted molar refractivity (Wildman–Crippen MR) is 130 cm³/mol. The van der Waals surface area contributed by atoms with Crippen LogP contribution >= 0.6 is 0 Å². The molecule has 2 aromatic carbocycles. The second kappa shape index (κ2) is 14.9. The Kier molecular flexibility index (Phi) is 11.2. The van der Waals surface area contributed by atoms with Gasteiger partial charge in [-0.3, -0.25) is 4.79 Å².